The van der Waals surface area contributed by atoms with Crippen LogP contribution in [0.5, 0.6) is 0 Å². The summed E-state index contributed by atoms with van der Waals surface area (Å²) < 4.78 is 5.18. The molecule has 0 fully saturated rings. The third-order valence-corrected chi connectivity index (χ3v) is 2.56. The van der Waals surface area contributed by atoms with Crippen LogP contribution < -0.4 is 5.32 Å². The highest BCUT2D eigenvalue weighted by Gasteiger charge is 2.12. The molecule has 0 aliphatic heterocycles. The molecule has 0 radical (unpaired) electrons. The first-order valence-electron chi connectivity index (χ1n) is 6.52. The summed E-state index contributed by atoms with van der Waals surface area (Å²) in [5.41, 5.74) is 0.760. The van der Waals surface area contributed by atoms with Crippen LogP contribution in [0.25, 0.3) is 5.69 Å². The van der Waals surface area contributed by atoms with E-state index >= 15 is 0 Å². The van der Waals surface area contributed by atoms with Crippen molar-refractivity contribution >= 4 is 5.91 Å². The van der Waals surface area contributed by atoms with E-state index in [0.717, 1.165) is 12.1 Å². The number of tetrazole rings is 1. The molecule has 0 unspecified atom stereocenters. The van der Waals surface area contributed by atoms with Gasteiger partial charge in [-0.3, -0.25) is 4.79 Å². The fraction of sp³-hybridized carbons (Fsp3) is 0.385. The first kappa shape index (κ1) is 14.1. The van der Waals surface area contributed by atoms with Crippen LogP contribution in [-0.4, -0.2) is 45.9 Å². The maximum Gasteiger partial charge on any atom is 0.292 e. The fourth-order valence-corrected chi connectivity index (χ4v) is 1.58. The molecule has 1 amide bonds. The lowest BCUT2D eigenvalue weighted by Crippen LogP contribution is -2.26. The summed E-state index contributed by atoms with van der Waals surface area (Å²) in [6.45, 7) is 3.77. The zero-order chi connectivity index (χ0) is 14.2. The molecule has 0 spiro atoms. The molecule has 2 rings (SSSR count). The van der Waals surface area contributed by atoms with Crippen molar-refractivity contribution in [3.8, 4) is 5.69 Å². The highest BCUT2D eigenvalue weighted by Crippen LogP contribution is 2.02. The van der Waals surface area contributed by atoms with Crippen molar-refractivity contribution in [1.29, 1.82) is 0 Å². The van der Waals surface area contributed by atoms with Crippen LogP contribution in [0.15, 0.2) is 30.3 Å². The first-order valence-corrected chi connectivity index (χ1v) is 6.52. The van der Waals surface area contributed by atoms with Gasteiger partial charge in [-0.2, -0.15) is 0 Å². The van der Waals surface area contributed by atoms with Crippen LogP contribution in [0.1, 0.15) is 24.0 Å². The molecule has 1 aromatic carbocycles. The number of carbonyl (C=O) groups is 1. The van der Waals surface area contributed by atoms with E-state index in [1.54, 1.807) is 0 Å². The topological polar surface area (TPSA) is 81.9 Å². The van der Waals surface area contributed by atoms with Crippen molar-refractivity contribution in [3.05, 3.63) is 36.2 Å². The molecule has 2 aromatic rings. The Hall–Kier alpha value is -2.28. The van der Waals surface area contributed by atoms with Gasteiger partial charge in [0.05, 0.1) is 5.69 Å². The fourth-order valence-electron chi connectivity index (χ4n) is 1.58. The van der Waals surface area contributed by atoms with E-state index in [9.17, 15) is 4.79 Å². The van der Waals surface area contributed by atoms with Crippen molar-refractivity contribution in [2.24, 2.45) is 0 Å². The highest BCUT2D eigenvalue weighted by molar-refractivity contribution is 5.90. The molecule has 0 atom stereocenters. The van der Waals surface area contributed by atoms with Gasteiger partial charge in [-0.25, -0.2) is 0 Å². The lowest BCUT2D eigenvalue weighted by molar-refractivity contribution is 0.0934. The number of benzene rings is 1. The summed E-state index contributed by atoms with van der Waals surface area (Å²) in [5, 5.41) is 14.4. The quantitative estimate of drug-likeness (QED) is 0.756. The number of hydrogen-bond acceptors (Lipinski definition) is 5. The summed E-state index contributed by atoms with van der Waals surface area (Å²) in [5.74, 6) is -0.269. The van der Waals surface area contributed by atoms with Crippen LogP contribution >= 0.6 is 0 Å². The number of hydrogen-bond donors (Lipinski definition) is 1. The first-order chi connectivity index (χ1) is 9.81. The molecule has 0 saturated heterocycles. The monoisotopic (exact) mass is 275 g/mol. The van der Waals surface area contributed by atoms with Gasteiger partial charge in [-0.15, -0.1) is 15.0 Å². The Morgan fingerprint density at radius 2 is 2.15 bits per heavy atom. The van der Waals surface area contributed by atoms with E-state index in [-0.39, 0.29) is 11.7 Å². The van der Waals surface area contributed by atoms with Gasteiger partial charge in [0, 0.05) is 19.8 Å². The smallest absolute Gasteiger partial charge is 0.292 e. The molecule has 20 heavy (non-hydrogen) atoms. The zero-order valence-corrected chi connectivity index (χ0v) is 11.3. The SMILES string of the molecule is CCOCCCNC(=O)c1nnn(-c2ccccc2)n1. The Balaban J connectivity index is 1.87. The van der Waals surface area contributed by atoms with E-state index in [1.807, 2.05) is 37.3 Å². The Morgan fingerprint density at radius 1 is 1.35 bits per heavy atom. The Labute approximate surface area is 116 Å². The van der Waals surface area contributed by atoms with Crippen LogP contribution in [0.4, 0.5) is 0 Å². The van der Waals surface area contributed by atoms with Crippen LogP contribution in [0.2, 0.25) is 0 Å². The normalized spacial score (nSPS) is 10.4. The van der Waals surface area contributed by atoms with Crippen LogP contribution in [-0.2, 0) is 4.74 Å². The minimum atomic E-state index is -0.330. The second-order valence-electron chi connectivity index (χ2n) is 4.04. The second-order valence-corrected chi connectivity index (χ2v) is 4.04. The number of nitrogens with zero attached hydrogens (tertiary/aromatic N) is 4. The van der Waals surface area contributed by atoms with Gasteiger partial charge in [0.25, 0.3) is 11.7 Å². The Morgan fingerprint density at radius 3 is 2.90 bits per heavy atom. The van der Waals surface area contributed by atoms with Crippen molar-refractivity contribution in [2.45, 2.75) is 13.3 Å². The molecule has 0 saturated carbocycles. The van der Waals surface area contributed by atoms with Gasteiger partial charge in [0.1, 0.15) is 0 Å². The highest BCUT2D eigenvalue weighted by atomic mass is 16.5. The summed E-state index contributed by atoms with van der Waals surface area (Å²) >= 11 is 0. The third-order valence-electron chi connectivity index (χ3n) is 2.56. The molecular weight excluding hydrogens is 258 g/mol. The molecule has 0 aliphatic rings. The lowest BCUT2D eigenvalue weighted by Gasteiger charge is -2.02. The number of carbonyl (C=O) groups excluding carboxylic acids is 1. The van der Waals surface area contributed by atoms with Gasteiger partial charge in [0.2, 0.25) is 0 Å². The minimum Gasteiger partial charge on any atom is -0.382 e. The number of aromatic nitrogens is 4. The molecule has 1 heterocycles. The standard InChI is InChI=1S/C13H17N5O2/c1-2-20-10-6-9-14-13(19)12-15-17-18(16-12)11-7-4-3-5-8-11/h3-5,7-8H,2,6,9-10H2,1H3,(H,14,19). The Bertz CT molecular complexity index is 541. The number of nitrogens with one attached hydrogen (secondary N) is 1. The number of amides is 1. The minimum absolute atomic E-state index is 0.0604. The number of rotatable bonds is 7. The third kappa shape index (κ3) is 3.86. The van der Waals surface area contributed by atoms with Gasteiger partial charge < -0.3 is 10.1 Å². The second kappa shape index (κ2) is 7.34. The van der Waals surface area contributed by atoms with Gasteiger partial charge >= 0.3 is 0 Å². The predicted octanol–water partition coefficient (Wildman–Crippen LogP) is 0.819. The van der Waals surface area contributed by atoms with E-state index in [2.05, 4.69) is 20.7 Å². The lowest BCUT2D eigenvalue weighted by atomic mass is 10.3. The summed E-state index contributed by atoms with van der Waals surface area (Å²) in [6.07, 6.45) is 0.756. The molecule has 1 aromatic heterocycles. The van der Waals surface area contributed by atoms with E-state index < -0.39 is 0 Å². The Kier molecular flexibility index (Phi) is 5.19. The molecule has 0 aliphatic carbocycles. The van der Waals surface area contributed by atoms with Gasteiger partial charge in [0.15, 0.2) is 0 Å². The van der Waals surface area contributed by atoms with Crippen molar-refractivity contribution in [2.75, 3.05) is 19.8 Å². The van der Waals surface area contributed by atoms with E-state index in [1.165, 1.54) is 4.80 Å². The summed E-state index contributed by atoms with van der Waals surface area (Å²) in [6, 6.07) is 9.31. The molecule has 7 nitrogen and oxygen atoms in total. The molecule has 106 valence electrons. The summed E-state index contributed by atoms with van der Waals surface area (Å²) in [4.78, 5) is 13.1. The molecule has 7 heteroatoms. The van der Waals surface area contributed by atoms with Crippen LogP contribution in [0, 0.1) is 0 Å². The average Bonchev–Trinajstić information content (AvgIpc) is 2.98. The number of ether oxygens (including phenoxy) is 1. The van der Waals surface area contributed by atoms with Crippen LogP contribution in [0.3, 0.4) is 0 Å². The summed E-state index contributed by atoms with van der Waals surface area (Å²) in [7, 11) is 0. The molecular formula is C13H17N5O2. The van der Waals surface area contributed by atoms with Gasteiger partial charge in [-0.05, 0) is 30.7 Å². The van der Waals surface area contributed by atoms with Crippen molar-refractivity contribution < 1.29 is 9.53 Å². The number of para-hydroxylation sites is 1. The molecule has 1 N–H and O–H groups in total. The maximum absolute atomic E-state index is 11.8. The maximum atomic E-state index is 11.8. The predicted molar refractivity (Wildman–Crippen MR) is 72.6 cm³/mol. The molecule has 0 bridgehead atoms. The van der Waals surface area contributed by atoms with Gasteiger partial charge in [-0.1, -0.05) is 18.2 Å². The largest absolute Gasteiger partial charge is 0.382 e. The average molecular weight is 275 g/mol. The van der Waals surface area contributed by atoms with Crippen molar-refractivity contribution in [1.82, 2.24) is 25.5 Å². The van der Waals surface area contributed by atoms with Crippen molar-refractivity contribution in [3.63, 3.8) is 0 Å². The zero-order valence-electron chi connectivity index (χ0n) is 11.3. The van der Waals surface area contributed by atoms with E-state index in [0.29, 0.717) is 19.8 Å². The van der Waals surface area contributed by atoms with E-state index in [4.69, 9.17) is 4.74 Å².